The Kier molecular flexibility index (Phi) is 5.44. The molecule has 2 rings (SSSR count). The van der Waals surface area contributed by atoms with E-state index in [0.29, 0.717) is 6.54 Å². The SMILES string of the molecule is CCO[Si](C)(C)CCCNC(=O)C1C2C=CC(C2)C1C(=O)O. The molecule has 2 aliphatic carbocycles. The first-order chi connectivity index (χ1) is 10.4. The summed E-state index contributed by atoms with van der Waals surface area (Å²) in [4.78, 5) is 23.8. The molecule has 0 radical (unpaired) electrons. The molecular weight excluding hydrogens is 298 g/mol. The molecule has 2 N–H and O–H groups in total. The van der Waals surface area contributed by atoms with Gasteiger partial charge in [-0.3, -0.25) is 9.59 Å². The van der Waals surface area contributed by atoms with E-state index < -0.39 is 26.1 Å². The first-order valence-electron chi connectivity index (χ1n) is 8.18. The van der Waals surface area contributed by atoms with Gasteiger partial charge in [-0.05, 0) is 50.7 Å². The predicted molar refractivity (Wildman–Crippen MR) is 86.9 cm³/mol. The maximum Gasteiger partial charge on any atom is 0.307 e. The van der Waals surface area contributed by atoms with Crippen molar-refractivity contribution in [3.63, 3.8) is 0 Å². The van der Waals surface area contributed by atoms with Gasteiger partial charge < -0.3 is 14.8 Å². The van der Waals surface area contributed by atoms with Crippen molar-refractivity contribution in [2.45, 2.75) is 38.9 Å². The van der Waals surface area contributed by atoms with E-state index in [9.17, 15) is 14.7 Å². The number of fused-ring (bicyclic) bond motifs is 2. The zero-order valence-corrected chi connectivity index (χ0v) is 14.7. The Morgan fingerprint density at radius 2 is 1.91 bits per heavy atom. The highest BCUT2D eigenvalue weighted by atomic mass is 28.4. The Balaban J connectivity index is 1.80. The fraction of sp³-hybridized carbons (Fsp3) is 0.750. The molecule has 1 amide bonds. The Morgan fingerprint density at radius 1 is 1.27 bits per heavy atom. The van der Waals surface area contributed by atoms with Gasteiger partial charge in [0.15, 0.2) is 8.32 Å². The van der Waals surface area contributed by atoms with E-state index in [1.807, 2.05) is 19.1 Å². The Labute approximate surface area is 133 Å². The first kappa shape index (κ1) is 17.2. The van der Waals surface area contributed by atoms with Crippen LogP contribution in [-0.4, -0.2) is 38.5 Å². The van der Waals surface area contributed by atoms with E-state index in [2.05, 4.69) is 18.4 Å². The highest BCUT2D eigenvalue weighted by Crippen LogP contribution is 2.48. The van der Waals surface area contributed by atoms with E-state index in [0.717, 1.165) is 25.5 Å². The fourth-order valence-electron chi connectivity index (χ4n) is 3.82. The molecule has 4 unspecified atom stereocenters. The van der Waals surface area contributed by atoms with Crippen molar-refractivity contribution < 1.29 is 19.1 Å². The highest BCUT2D eigenvalue weighted by molar-refractivity contribution is 6.71. The van der Waals surface area contributed by atoms with Crippen LogP contribution in [0.15, 0.2) is 12.2 Å². The Bertz CT molecular complexity index is 463. The monoisotopic (exact) mass is 325 g/mol. The number of carbonyl (C=O) groups is 2. The number of aliphatic carboxylic acids is 1. The summed E-state index contributed by atoms with van der Waals surface area (Å²) in [5.74, 6) is -1.77. The molecule has 124 valence electrons. The van der Waals surface area contributed by atoms with Crippen LogP contribution < -0.4 is 5.32 Å². The second-order valence-corrected chi connectivity index (χ2v) is 11.2. The number of allylic oxidation sites excluding steroid dienone is 2. The highest BCUT2D eigenvalue weighted by Gasteiger charge is 2.51. The zero-order valence-electron chi connectivity index (χ0n) is 13.7. The van der Waals surface area contributed by atoms with Gasteiger partial charge in [-0.25, -0.2) is 0 Å². The largest absolute Gasteiger partial charge is 0.481 e. The molecule has 0 saturated heterocycles. The average Bonchev–Trinajstić information content (AvgIpc) is 3.03. The summed E-state index contributed by atoms with van der Waals surface area (Å²) in [6.45, 7) is 7.71. The smallest absolute Gasteiger partial charge is 0.307 e. The van der Waals surface area contributed by atoms with Crippen LogP contribution in [0.4, 0.5) is 0 Å². The van der Waals surface area contributed by atoms with Gasteiger partial charge in [-0.2, -0.15) is 0 Å². The first-order valence-corrected chi connectivity index (χ1v) is 11.3. The standard InChI is InChI=1S/C16H27NO4Si/c1-4-21-22(2,3)9-5-8-17-15(18)13-11-6-7-12(10-11)14(13)16(19)20/h6-7,11-14H,4-5,8-10H2,1-3H3,(H,17,18)(H,19,20). The topological polar surface area (TPSA) is 75.6 Å². The molecular formula is C16H27NO4Si. The van der Waals surface area contributed by atoms with Crippen molar-refractivity contribution in [3.8, 4) is 0 Å². The van der Waals surface area contributed by atoms with Crippen LogP contribution in [0.5, 0.6) is 0 Å². The summed E-state index contributed by atoms with van der Waals surface area (Å²) >= 11 is 0. The number of nitrogens with one attached hydrogen (secondary N) is 1. The molecule has 4 atom stereocenters. The fourth-order valence-corrected chi connectivity index (χ4v) is 5.78. The molecule has 0 aromatic carbocycles. The predicted octanol–water partition coefficient (Wildman–Crippen LogP) is 2.26. The van der Waals surface area contributed by atoms with E-state index >= 15 is 0 Å². The van der Waals surface area contributed by atoms with E-state index in [-0.39, 0.29) is 17.7 Å². The number of hydrogen-bond donors (Lipinski definition) is 2. The minimum atomic E-state index is -1.61. The van der Waals surface area contributed by atoms with Gasteiger partial charge in [-0.15, -0.1) is 0 Å². The molecule has 0 aliphatic heterocycles. The van der Waals surface area contributed by atoms with Crippen LogP contribution in [0.25, 0.3) is 0 Å². The van der Waals surface area contributed by atoms with Crippen molar-refractivity contribution in [1.82, 2.24) is 5.32 Å². The van der Waals surface area contributed by atoms with Gasteiger partial charge in [0.2, 0.25) is 5.91 Å². The molecule has 0 heterocycles. The van der Waals surface area contributed by atoms with E-state index in [1.54, 1.807) is 0 Å². The summed E-state index contributed by atoms with van der Waals surface area (Å²) in [5.41, 5.74) is 0. The molecule has 1 saturated carbocycles. The minimum absolute atomic E-state index is 0.0301. The summed E-state index contributed by atoms with van der Waals surface area (Å²) in [7, 11) is -1.61. The van der Waals surface area contributed by atoms with Crippen molar-refractivity contribution in [2.75, 3.05) is 13.2 Å². The number of amides is 1. The molecule has 2 bridgehead atoms. The number of rotatable bonds is 8. The van der Waals surface area contributed by atoms with Crippen LogP contribution in [0.1, 0.15) is 19.8 Å². The lowest BCUT2D eigenvalue weighted by atomic mass is 9.82. The lowest BCUT2D eigenvalue weighted by Gasteiger charge is -2.25. The molecule has 1 fully saturated rings. The summed E-state index contributed by atoms with van der Waals surface area (Å²) in [6, 6.07) is 1.00. The summed E-state index contributed by atoms with van der Waals surface area (Å²) in [6.07, 6.45) is 5.67. The molecule has 0 aromatic heterocycles. The van der Waals surface area contributed by atoms with Gasteiger partial charge in [0.05, 0.1) is 11.8 Å². The molecule has 6 heteroatoms. The number of carbonyl (C=O) groups excluding carboxylic acids is 1. The van der Waals surface area contributed by atoms with Crippen molar-refractivity contribution in [1.29, 1.82) is 0 Å². The van der Waals surface area contributed by atoms with Crippen molar-refractivity contribution >= 4 is 20.2 Å². The van der Waals surface area contributed by atoms with Gasteiger partial charge in [0.1, 0.15) is 0 Å². The molecule has 2 aliphatic rings. The third kappa shape index (κ3) is 3.79. The number of hydrogen-bond acceptors (Lipinski definition) is 3. The van der Waals surface area contributed by atoms with Crippen LogP contribution in [0.2, 0.25) is 19.1 Å². The van der Waals surface area contributed by atoms with Gasteiger partial charge >= 0.3 is 5.97 Å². The average molecular weight is 325 g/mol. The lowest BCUT2D eigenvalue weighted by Crippen LogP contribution is -2.41. The number of carboxylic acids is 1. The van der Waals surface area contributed by atoms with Crippen LogP contribution in [-0.2, 0) is 14.0 Å². The zero-order chi connectivity index (χ0) is 16.3. The second kappa shape index (κ2) is 6.96. The van der Waals surface area contributed by atoms with Crippen LogP contribution in [0.3, 0.4) is 0 Å². The van der Waals surface area contributed by atoms with Crippen molar-refractivity contribution in [3.05, 3.63) is 12.2 Å². The van der Waals surface area contributed by atoms with Crippen LogP contribution >= 0.6 is 0 Å². The van der Waals surface area contributed by atoms with E-state index in [4.69, 9.17) is 4.43 Å². The normalized spacial score (nSPS) is 29.8. The van der Waals surface area contributed by atoms with Crippen LogP contribution in [0, 0.1) is 23.7 Å². The summed E-state index contributed by atoms with van der Waals surface area (Å²) in [5, 5.41) is 12.3. The minimum Gasteiger partial charge on any atom is -0.481 e. The second-order valence-electron chi connectivity index (χ2n) is 6.93. The van der Waals surface area contributed by atoms with Gasteiger partial charge in [-0.1, -0.05) is 12.2 Å². The molecule has 0 spiro atoms. The molecule has 5 nitrogen and oxygen atoms in total. The maximum atomic E-state index is 12.4. The third-order valence-electron chi connectivity index (χ3n) is 4.84. The Morgan fingerprint density at radius 3 is 2.50 bits per heavy atom. The van der Waals surface area contributed by atoms with E-state index in [1.165, 1.54) is 0 Å². The quantitative estimate of drug-likeness (QED) is 0.408. The summed E-state index contributed by atoms with van der Waals surface area (Å²) < 4.78 is 5.76. The third-order valence-corrected chi connectivity index (χ3v) is 7.46. The van der Waals surface area contributed by atoms with Gasteiger partial charge in [0, 0.05) is 13.2 Å². The maximum absolute atomic E-state index is 12.4. The van der Waals surface area contributed by atoms with Crippen molar-refractivity contribution in [2.24, 2.45) is 23.7 Å². The molecule has 0 aromatic rings. The number of carboxylic acid groups (broad SMARTS) is 1. The lowest BCUT2D eigenvalue weighted by molar-refractivity contribution is -0.147. The molecule has 22 heavy (non-hydrogen) atoms. The van der Waals surface area contributed by atoms with Gasteiger partial charge in [0.25, 0.3) is 0 Å². The Hall–Kier alpha value is -1.14.